The lowest BCUT2D eigenvalue weighted by Gasteiger charge is -2.28. The number of hydrogen-bond donors (Lipinski definition) is 2. The number of allylic oxidation sites excluding steroid dienone is 2. The van der Waals surface area contributed by atoms with E-state index in [0.29, 0.717) is 11.3 Å². The van der Waals surface area contributed by atoms with E-state index >= 15 is 0 Å². The largest absolute Gasteiger partial charge is 0.390 e. The summed E-state index contributed by atoms with van der Waals surface area (Å²) in [4.78, 5) is 26.4. The van der Waals surface area contributed by atoms with Gasteiger partial charge in [-0.25, -0.2) is 0 Å². The molecular formula is C26H29N3O2. The van der Waals surface area contributed by atoms with Gasteiger partial charge in [0.15, 0.2) is 0 Å². The Bertz CT molecular complexity index is 993. The second-order valence-corrected chi connectivity index (χ2v) is 7.01. The number of benzene rings is 2. The molecule has 0 spiro atoms. The lowest BCUT2D eigenvalue weighted by Crippen LogP contribution is -2.49. The zero-order chi connectivity index (χ0) is 22.8. The van der Waals surface area contributed by atoms with Crippen molar-refractivity contribution in [2.75, 3.05) is 21.1 Å². The Balaban J connectivity index is 2.12. The summed E-state index contributed by atoms with van der Waals surface area (Å²) in [5.41, 5.74) is 3.89. The number of nitrogens with one attached hydrogen (secondary N) is 2. The molecule has 0 heterocycles. The van der Waals surface area contributed by atoms with Gasteiger partial charge < -0.3 is 15.5 Å². The van der Waals surface area contributed by atoms with Crippen molar-refractivity contribution in [2.45, 2.75) is 19.4 Å². The fraction of sp³-hybridized carbons (Fsp3) is 0.231. The smallest absolute Gasteiger partial charge is 0.254 e. The molecule has 31 heavy (non-hydrogen) atoms. The van der Waals surface area contributed by atoms with Gasteiger partial charge in [0.05, 0.1) is 0 Å². The van der Waals surface area contributed by atoms with Gasteiger partial charge in [-0.3, -0.25) is 9.59 Å². The summed E-state index contributed by atoms with van der Waals surface area (Å²) in [5.74, 6) is 5.67. The lowest BCUT2D eigenvalue weighted by molar-refractivity contribution is -0.123. The van der Waals surface area contributed by atoms with Crippen LogP contribution < -0.4 is 10.6 Å². The molecule has 2 aromatic rings. The second-order valence-electron chi connectivity index (χ2n) is 7.01. The van der Waals surface area contributed by atoms with Crippen molar-refractivity contribution in [1.82, 2.24) is 15.5 Å². The average molecular weight is 416 g/mol. The van der Waals surface area contributed by atoms with Crippen LogP contribution in [0.3, 0.4) is 0 Å². The molecule has 5 nitrogen and oxygen atoms in total. The highest BCUT2D eigenvalue weighted by molar-refractivity contribution is 5.98. The molecular weight excluding hydrogens is 386 g/mol. The van der Waals surface area contributed by atoms with Crippen LogP contribution in [0.1, 0.15) is 34.0 Å². The minimum Gasteiger partial charge on any atom is -0.390 e. The summed E-state index contributed by atoms with van der Waals surface area (Å²) in [6, 6.07) is 14.4. The third-order valence-electron chi connectivity index (χ3n) is 4.88. The van der Waals surface area contributed by atoms with Crippen LogP contribution in [-0.2, 0) is 11.2 Å². The monoisotopic (exact) mass is 415 g/mol. The number of likely N-dealkylation sites (N-methyl/N-ethyl adjacent to an activating group) is 3. The van der Waals surface area contributed by atoms with Crippen LogP contribution in [0.4, 0.5) is 0 Å². The first-order valence-electron chi connectivity index (χ1n) is 10.1. The third-order valence-corrected chi connectivity index (χ3v) is 4.88. The summed E-state index contributed by atoms with van der Waals surface area (Å²) < 4.78 is 0. The Morgan fingerprint density at radius 2 is 1.55 bits per heavy atom. The van der Waals surface area contributed by atoms with E-state index in [0.717, 1.165) is 17.5 Å². The molecule has 5 heteroatoms. The van der Waals surface area contributed by atoms with Gasteiger partial charge in [-0.1, -0.05) is 42.7 Å². The van der Waals surface area contributed by atoms with Gasteiger partial charge in [0, 0.05) is 43.5 Å². The van der Waals surface area contributed by atoms with Crippen LogP contribution in [0.2, 0.25) is 0 Å². The fourth-order valence-corrected chi connectivity index (χ4v) is 2.98. The average Bonchev–Trinajstić information content (AvgIpc) is 2.81. The number of nitrogens with zero attached hydrogens (tertiary/aromatic N) is 1. The number of hydrogen-bond acceptors (Lipinski definition) is 3. The van der Waals surface area contributed by atoms with Crippen LogP contribution >= 0.6 is 0 Å². The highest BCUT2D eigenvalue weighted by atomic mass is 16.2. The van der Waals surface area contributed by atoms with Gasteiger partial charge in [0.1, 0.15) is 6.04 Å². The predicted octanol–water partition coefficient (Wildman–Crippen LogP) is 3.12. The minimum absolute atomic E-state index is 0.277. The second kappa shape index (κ2) is 11.4. The molecule has 1 unspecified atom stereocenters. The lowest BCUT2D eigenvalue weighted by atomic mass is 10.1. The SMILES string of the molecule is C=C(NC)C(C(=O)NC)N(C)C(=O)c1ccc(C#Cc2ccc(C/C=C/C)cc2)cc1. The molecule has 2 rings (SSSR count). The summed E-state index contributed by atoms with van der Waals surface area (Å²) in [5, 5.41) is 5.42. The van der Waals surface area contributed by atoms with Gasteiger partial charge in [-0.15, -0.1) is 0 Å². The maximum atomic E-state index is 12.9. The molecule has 0 bridgehead atoms. The number of amides is 2. The molecule has 2 aromatic carbocycles. The predicted molar refractivity (Wildman–Crippen MR) is 126 cm³/mol. The van der Waals surface area contributed by atoms with Crippen molar-refractivity contribution in [3.63, 3.8) is 0 Å². The van der Waals surface area contributed by atoms with Gasteiger partial charge in [-0.05, 0) is 55.3 Å². The van der Waals surface area contributed by atoms with E-state index in [9.17, 15) is 9.59 Å². The minimum atomic E-state index is -0.808. The van der Waals surface area contributed by atoms with Crippen LogP contribution in [0.25, 0.3) is 0 Å². The zero-order valence-corrected chi connectivity index (χ0v) is 18.5. The summed E-state index contributed by atoms with van der Waals surface area (Å²) in [6.07, 6.45) is 5.07. The molecule has 2 amide bonds. The molecule has 0 radical (unpaired) electrons. The fourth-order valence-electron chi connectivity index (χ4n) is 2.98. The van der Waals surface area contributed by atoms with E-state index in [2.05, 4.69) is 47.3 Å². The topological polar surface area (TPSA) is 61.4 Å². The van der Waals surface area contributed by atoms with E-state index < -0.39 is 6.04 Å². The first-order chi connectivity index (χ1) is 14.9. The van der Waals surface area contributed by atoms with E-state index in [1.807, 2.05) is 25.1 Å². The normalized spacial score (nSPS) is 11.2. The van der Waals surface area contributed by atoms with Crippen molar-refractivity contribution in [1.29, 1.82) is 0 Å². The molecule has 0 aliphatic heterocycles. The Morgan fingerprint density at radius 1 is 1.00 bits per heavy atom. The highest BCUT2D eigenvalue weighted by Crippen LogP contribution is 2.12. The van der Waals surface area contributed by atoms with Crippen molar-refractivity contribution in [2.24, 2.45) is 0 Å². The van der Waals surface area contributed by atoms with E-state index in [4.69, 9.17) is 0 Å². The van der Waals surface area contributed by atoms with E-state index in [1.165, 1.54) is 17.5 Å². The summed E-state index contributed by atoms with van der Waals surface area (Å²) in [6.45, 7) is 5.85. The molecule has 0 saturated carbocycles. The Hall–Kier alpha value is -3.78. The summed E-state index contributed by atoms with van der Waals surface area (Å²) in [7, 11) is 4.78. The van der Waals surface area contributed by atoms with Crippen LogP contribution in [0.15, 0.2) is 73.0 Å². The van der Waals surface area contributed by atoms with Gasteiger partial charge in [0.2, 0.25) is 5.91 Å². The molecule has 2 N–H and O–H groups in total. The van der Waals surface area contributed by atoms with Gasteiger partial charge in [-0.2, -0.15) is 0 Å². The number of carbonyl (C=O) groups excluding carboxylic acids is 2. The molecule has 0 fully saturated rings. The molecule has 0 aliphatic rings. The first-order valence-corrected chi connectivity index (χ1v) is 10.1. The quantitative estimate of drug-likeness (QED) is 0.540. The van der Waals surface area contributed by atoms with Crippen molar-refractivity contribution >= 4 is 11.8 Å². The first kappa shape index (κ1) is 23.5. The van der Waals surface area contributed by atoms with Crippen LogP contribution in [0.5, 0.6) is 0 Å². The van der Waals surface area contributed by atoms with Crippen molar-refractivity contribution < 1.29 is 9.59 Å². The molecule has 0 saturated heterocycles. The van der Waals surface area contributed by atoms with Gasteiger partial charge >= 0.3 is 0 Å². The summed E-state index contributed by atoms with van der Waals surface area (Å²) >= 11 is 0. The number of rotatable bonds is 7. The van der Waals surface area contributed by atoms with Crippen LogP contribution in [-0.4, -0.2) is 43.9 Å². The molecule has 0 aromatic heterocycles. The molecule has 160 valence electrons. The standard InChI is InChI=1S/C26H29N3O2/c1-6-7-8-20-9-11-21(12-10-20)13-14-22-15-17-23(18-16-22)26(31)29(5)24(19(2)27-3)25(30)28-4/h6-7,9-12,15-18,24,27H,2,8H2,1,3-5H3,(H,28,30)/b7-6+. The highest BCUT2D eigenvalue weighted by Gasteiger charge is 2.29. The zero-order valence-electron chi connectivity index (χ0n) is 18.5. The maximum absolute atomic E-state index is 12.9. The Morgan fingerprint density at radius 3 is 2.03 bits per heavy atom. The van der Waals surface area contributed by atoms with E-state index in [1.54, 1.807) is 38.4 Å². The third kappa shape index (κ3) is 6.35. The molecule has 0 aliphatic carbocycles. The van der Waals surface area contributed by atoms with Crippen molar-refractivity contribution in [3.8, 4) is 11.8 Å². The number of carbonyl (C=O) groups is 2. The van der Waals surface area contributed by atoms with Crippen molar-refractivity contribution in [3.05, 3.63) is 95.2 Å². The molecule has 1 atom stereocenters. The maximum Gasteiger partial charge on any atom is 0.254 e. The van der Waals surface area contributed by atoms with E-state index in [-0.39, 0.29) is 11.8 Å². The van der Waals surface area contributed by atoms with Gasteiger partial charge in [0.25, 0.3) is 5.91 Å². The van der Waals surface area contributed by atoms with Crippen LogP contribution in [0, 0.1) is 11.8 Å². The Labute approximate surface area is 184 Å². The Kier molecular flexibility index (Phi) is 8.65.